The fraction of sp³-hybridized carbons (Fsp3) is 0.900. The second kappa shape index (κ2) is 3.87. The predicted molar refractivity (Wildman–Crippen MR) is 51.1 cm³/mol. The molecule has 1 saturated carbocycles. The topological polar surface area (TPSA) is 49.8 Å². The van der Waals surface area contributed by atoms with Gasteiger partial charge in [0.05, 0.1) is 18.6 Å². The molecule has 4 heteroatoms. The van der Waals surface area contributed by atoms with E-state index in [1.807, 2.05) is 6.92 Å². The summed E-state index contributed by atoms with van der Waals surface area (Å²) >= 11 is 0. The van der Waals surface area contributed by atoms with E-state index in [1.165, 1.54) is 0 Å². The van der Waals surface area contributed by atoms with Gasteiger partial charge in [0.2, 0.25) is 0 Å². The number of hydrogen-bond acceptors (Lipinski definition) is 3. The van der Waals surface area contributed by atoms with Gasteiger partial charge < -0.3 is 9.84 Å². The third-order valence-corrected chi connectivity index (χ3v) is 3.30. The summed E-state index contributed by atoms with van der Waals surface area (Å²) in [6.45, 7) is 4.55. The maximum atomic E-state index is 10.9. The summed E-state index contributed by atoms with van der Waals surface area (Å²) in [5, 5.41) is 8.94. The molecule has 2 aliphatic rings. The number of carboxylic acid groups (broad SMARTS) is 1. The molecule has 1 aliphatic heterocycles. The largest absolute Gasteiger partial charge is 0.481 e. The quantitative estimate of drug-likeness (QED) is 0.706. The van der Waals surface area contributed by atoms with Gasteiger partial charge in [-0.05, 0) is 19.8 Å². The maximum Gasteiger partial charge on any atom is 0.308 e. The van der Waals surface area contributed by atoms with Gasteiger partial charge in [-0.25, -0.2) is 0 Å². The molecule has 3 atom stereocenters. The van der Waals surface area contributed by atoms with Gasteiger partial charge in [0, 0.05) is 19.1 Å². The van der Waals surface area contributed by atoms with Crippen LogP contribution in [0, 0.1) is 5.92 Å². The number of carboxylic acids is 1. The molecular formula is C10H17NO3. The van der Waals surface area contributed by atoms with Crippen LogP contribution in [0.5, 0.6) is 0 Å². The lowest BCUT2D eigenvalue weighted by Gasteiger charge is -2.45. The first-order chi connectivity index (χ1) is 6.68. The average Bonchev–Trinajstić information content (AvgIpc) is 2.00. The van der Waals surface area contributed by atoms with Crippen LogP contribution in [-0.4, -0.2) is 47.8 Å². The molecule has 0 aromatic carbocycles. The Morgan fingerprint density at radius 1 is 1.50 bits per heavy atom. The number of nitrogens with zero attached hydrogens (tertiary/aromatic N) is 1. The molecule has 0 radical (unpaired) electrons. The molecule has 4 nitrogen and oxygen atoms in total. The number of hydrogen-bond donors (Lipinski definition) is 1. The van der Waals surface area contributed by atoms with Crippen LogP contribution in [0.1, 0.15) is 19.8 Å². The van der Waals surface area contributed by atoms with Crippen LogP contribution in [-0.2, 0) is 9.53 Å². The summed E-state index contributed by atoms with van der Waals surface area (Å²) in [5.74, 6) is -0.777. The van der Waals surface area contributed by atoms with E-state index in [4.69, 9.17) is 9.84 Å². The van der Waals surface area contributed by atoms with Gasteiger partial charge in [0.25, 0.3) is 0 Å². The van der Waals surface area contributed by atoms with Gasteiger partial charge in [-0.1, -0.05) is 0 Å². The molecular weight excluding hydrogens is 182 g/mol. The second-order valence-corrected chi connectivity index (χ2v) is 4.27. The third-order valence-electron chi connectivity index (χ3n) is 3.30. The van der Waals surface area contributed by atoms with Crippen molar-refractivity contribution in [3.8, 4) is 0 Å². The minimum absolute atomic E-state index is 0.139. The molecule has 1 saturated heterocycles. The van der Waals surface area contributed by atoms with Crippen molar-refractivity contribution in [3.05, 3.63) is 0 Å². The highest BCUT2D eigenvalue weighted by Crippen LogP contribution is 2.33. The average molecular weight is 199 g/mol. The second-order valence-electron chi connectivity index (χ2n) is 4.27. The lowest BCUT2D eigenvalue weighted by atomic mass is 9.78. The SMILES string of the molecule is C[C@@H]1CN([C@H]2CC[C@H]2C(=O)O)CCO1. The zero-order valence-electron chi connectivity index (χ0n) is 8.48. The van der Waals surface area contributed by atoms with E-state index in [9.17, 15) is 4.79 Å². The van der Waals surface area contributed by atoms with Crippen LogP contribution in [0.2, 0.25) is 0 Å². The molecule has 0 bridgehead atoms. The monoisotopic (exact) mass is 199 g/mol. The minimum atomic E-state index is -0.639. The lowest BCUT2D eigenvalue weighted by Crippen LogP contribution is -2.55. The standard InChI is InChI=1S/C10H17NO3/c1-7-6-11(4-5-14-7)9-3-2-8(9)10(12)13/h7-9H,2-6H2,1H3,(H,12,13)/t7-,8-,9+/m1/s1. The molecule has 0 aromatic rings. The van der Waals surface area contributed by atoms with E-state index in [-0.39, 0.29) is 18.1 Å². The van der Waals surface area contributed by atoms with Crippen LogP contribution < -0.4 is 0 Å². The maximum absolute atomic E-state index is 10.9. The zero-order chi connectivity index (χ0) is 10.1. The molecule has 1 aliphatic carbocycles. The Morgan fingerprint density at radius 3 is 2.79 bits per heavy atom. The first-order valence-electron chi connectivity index (χ1n) is 5.27. The highest BCUT2D eigenvalue weighted by molar-refractivity contribution is 5.72. The van der Waals surface area contributed by atoms with Crippen molar-refractivity contribution >= 4 is 5.97 Å². The highest BCUT2D eigenvalue weighted by Gasteiger charge is 2.41. The fourth-order valence-electron chi connectivity index (χ4n) is 2.35. The Bertz CT molecular complexity index is 231. The molecule has 0 spiro atoms. The number of carbonyl (C=O) groups is 1. The fourth-order valence-corrected chi connectivity index (χ4v) is 2.35. The molecule has 2 fully saturated rings. The van der Waals surface area contributed by atoms with Crippen LogP contribution >= 0.6 is 0 Å². The van der Waals surface area contributed by atoms with Gasteiger partial charge in [0.15, 0.2) is 0 Å². The Kier molecular flexibility index (Phi) is 2.74. The summed E-state index contributed by atoms with van der Waals surface area (Å²) < 4.78 is 5.43. The van der Waals surface area contributed by atoms with Crippen molar-refractivity contribution < 1.29 is 14.6 Å². The van der Waals surface area contributed by atoms with Crippen molar-refractivity contribution in [1.29, 1.82) is 0 Å². The van der Waals surface area contributed by atoms with Crippen molar-refractivity contribution in [2.24, 2.45) is 5.92 Å². The Hall–Kier alpha value is -0.610. The van der Waals surface area contributed by atoms with Crippen LogP contribution in [0.25, 0.3) is 0 Å². The van der Waals surface area contributed by atoms with E-state index in [0.717, 1.165) is 32.5 Å². The number of ether oxygens (including phenoxy) is 1. The number of rotatable bonds is 2. The van der Waals surface area contributed by atoms with E-state index in [2.05, 4.69) is 4.90 Å². The van der Waals surface area contributed by atoms with E-state index in [1.54, 1.807) is 0 Å². The van der Waals surface area contributed by atoms with Crippen molar-refractivity contribution in [1.82, 2.24) is 4.90 Å². The third kappa shape index (κ3) is 1.77. The van der Waals surface area contributed by atoms with Gasteiger partial charge >= 0.3 is 5.97 Å². The normalized spacial score (nSPS) is 39.1. The smallest absolute Gasteiger partial charge is 0.308 e. The number of morpholine rings is 1. The van der Waals surface area contributed by atoms with Crippen molar-refractivity contribution in [3.63, 3.8) is 0 Å². The predicted octanol–water partition coefficient (Wildman–Crippen LogP) is 0.570. The first-order valence-corrected chi connectivity index (χ1v) is 5.27. The molecule has 80 valence electrons. The summed E-state index contributed by atoms with van der Waals surface area (Å²) in [7, 11) is 0. The van der Waals surface area contributed by atoms with E-state index < -0.39 is 5.97 Å². The lowest BCUT2D eigenvalue weighted by molar-refractivity contribution is -0.151. The Balaban J connectivity index is 1.91. The molecule has 1 N–H and O–H groups in total. The van der Waals surface area contributed by atoms with Crippen molar-refractivity contribution in [2.45, 2.75) is 31.9 Å². The van der Waals surface area contributed by atoms with Crippen molar-refractivity contribution in [2.75, 3.05) is 19.7 Å². The van der Waals surface area contributed by atoms with Crippen LogP contribution in [0.4, 0.5) is 0 Å². The van der Waals surface area contributed by atoms with E-state index >= 15 is 0 Å². The molecule has 0 aromatic heterocycles. The summed E-state index contributed by atoms with van der Waals surface area (Å²) in [6, 6.07) is 0.263. The first kappa shape index (κ1) is 9.93. The summed E-state index contributed by atoms with van der Waals surface area (Å²) in [5.41, 5.74) is 0. The minimum Gasteiger partial charge on any atom is -0.481 e. The molecule has 14 heavy (non-hydrogen) atoms. The zero-order valence-corrected chi connectivity index (χ0v) is 8.48. The van der Waals surface area contributed by atoms with Gasteiger partial charge in [0.1, 0.15) is 0 Å². The molecule has 0 amide bonds. The van der Waals surface area contributed by atoms with Gasteiger partial charge in [-0.2, -0.15) is 0 Å². The van der Waals surface area contributed by atoms with E-state index in [0.29, 0.717) is 0 Å². The molecule has 1 heterocycles. The van der Waals surface area contributed by atoms with Crippen LogP contribution in [0.3, 0.4) is 0 Å². The Morgan fingerprint density at radius 2 is 2.29 bits per heavy atom. The van der Waals surface area contributed by atoms with Crippen LogP contribution in [0.15, 0.2) is 0 Å². The number of aliphatic carboxylic acids is 1. The summed E-state index contributed by atoms with van der Waals surface area (Å²) in [4.78, 5) is 13.1. The Labute approximate surface area is 83.8 Å². The molecule has 2 rings (SSSR count). The molecule has 0 unspecified atom stereocenters. The van der Waals surface area contributed by atoms with Gasteiger partial charge in [-0.3, -0.25) is 9.69 Å². The van der Waals surface area contributed by atoms with Gasteiger partial charge in [-0.15, -0.1) is 0 Å². The summed E-state index contributed by atoms with van der Waals surface area (Å²) in [6.07, 6.45) is 2.12. The highest BCUT2D eigenvalue weighted by atomic mass is 16.5.